The molecule has 24 nitrogen and oxygen atoms in total. The molecule has 3 aliphatic carbocycles. The molecule has 0 bridgehead atoms. The molecule has 4 aliphatic heterocycles. The fraction of sp³-hybridized carbons (Fsp3) is 0.836. The van der Waals surface area contributed by atoms with E-state index >= 15 is 28.8 Å². The summed E-state index contributed by atoms with van der Waals surface area (Å²) in [5.74, 6) is -13.9. The zero-order valence-corrected chi connectivity index (χ0v) is 63.5. The van der Waals surface area contributed by atoms with E-state index in [1.807, 2.05) is 13.8 Å². The Labute approximate surface area is 613 Å². The fourth-order valence-electron chi connectivity index (χ4n) is 16.7. The van der Waals surface area contributed by atoms with Gasteiger partial charge in [-0.15, -0.1) is 11.6 Å². The van der Waals surface area contributed by atoms with Gasteiger partial charge in [0.1, 0.15) is 59.9 Å². The summed E-state index contributed by atoms with van der Waals surface area (Å²) in [7, 11) is 6.86. The molecule has 3 saturated carbocycles. The number of likely N-dealkylation sites (tertiary alicyclic amines) is 1. The highest BCUT2D eigenvalue weighted by Gasteiger charge is 2.53. The van der Waals surface area contributed by atoms with Crippen molar-refractivity contribution in [1.82, 2.24) is 60.5 Å². The standard InChI is InChI=1S/C73H115ClF6N12O12/c1-12-15-16-22-52-61(95)83-59(43(4)13-2)63(97)81-45(6)64(98)92-38-32-54(92)67(101)87(9)55(40-47-24-28-48(29-25-47)72(75,76)77)66(100)85(7)42-57(93)82-51(31-27-46-26-30-49(50(74)39-46)73(78,79)80)65(99)91-37-21-23-53(91)62(96)84-71(33-17-18-34-71)70(104)89(11)60(44(5)14-3)69(103)88(10)56(41-58(94)86(52)8)68(102)90-35-19-20-36-90/h43-56,59-60H,12-42H2,1-11H3,(H,81,97)(H,82,93)(H,83,95)(H,84,96)/t43-,44-,45-,46?,47?,48?,49?,50?,51-,52-,53-,54-,55-,56-,59-,60-/m0/s1. The molecule has 588 valence electrons. The maximum atomic E-state index is 15.5. The van der Waals surface area contributed by atoms with Gasteiger partial charge in [0.15, 0.2) is 0 Å². The molecule has 4 saturated heterocycles. The van der Waals surface area contributed by atoms with Crippen molar-refractivity contribution in [2.24, 2.45) is 35.5 Å². The first-order chi connectivity index (χ1) is 48.9. The molecule has 12 amide bonds. The third-order valence-corrected chi connectivity index (χ3v) is 24.5. The van der Waals surface area contributed by atoms with Crippen LogP contribution in [0.25, 0.3) is 0 Å². The zero-order chi connectivity index (χ0) is 77.0. The monoisotopic (exact) mass is 1500 g/mol. The van der Waals surface area contributed by atoms with Crippen LogP contribution in [0, 0.1) is 35.5 Å². The quantitative estimate of drug-likeness (QED) is 0.0772. The topological polar surface area (TPSA) is 279 Å². The van der Waals surface area contributed by atoms with E-state index < -0.39 is 197 Å². The minimum Gasteiger partial charge on any atom is -0.343 e. The second kappa shape index (κ2) is 36.9. The van der Waals surface area contributed by atoms with E-state index in [2.05, 4.69) is 21.3 Å². The number of carbonyl (C=O) groups excluding carboxylic acids is 12. The molecule has 4 N–H and O–H groups in total. The summed E-state index contributed by atoms with van der Waals surface area (Å²) in [5.41, 5.74) is -1.61. The summed E-state index contributed by atoms with van der Waals surface area (Å²) >= 11 is 6.39. The Bertz CT molecular complexity index is 3060. The lowest BCUT2D eigenvalue weighted by Gasteiger charge is -2.44. The Morgan fingerprint density at radius 1 is 0.577 bits per heavy atom. The third kappa shape index (κ3) is 20.4. The number of fused-ring (bicyclic) bond motifs is 2. The van der Waals surface area contributed by atoms with Crippen LogP contribution in [0.1, 0.15) is 208 Å². The van der Waals surface area contributed by atoms with Crippen molar-refractivity contribution in [3.63, 3.8) is 0 Å². The lowest BCUT2D eigenvalue weighted by atomic mass is 9.78. The summed E-state index contributed by atoms with van der Waals surface area (Å²) < 4.78 is 84.1. The highest BCUT2D eigenvalue weighted by molar-refractivity contribution is 6.21. The zero-order valence-electron chi connectivity index (χ0n) is 62.8. The van der Waals surface area contributed by atoms with Gasteiger partial charge in [-0.3, -0.25) is 57.5 Å². The third-order valence-electron chi connectivity index (χ3n) is 24.0. The van der Waals surface area contributed by atoms with Crippen LogP contribution in [0.4, 0.5) is 26.3 Å². The molecule has 0 aromatic rings. The van der Waals surface area contributed by atoms with Crippen LogP contribution >= 0.6 is 11.6 Å². The number of nitrogens with one attached hydrogen (secondary N) is 4. The molecule has 0 radical (unpaired) electrons. The average Bonchev–Trinajstić information content (AvgIpc) is 1.13. The van der Waals surface area contributed by atoms with Crippen molar-refractivity contribution in [2.75, 3.05) is 68.0 Å². The molecule has 14 atom stereocenters. The van der Waals surface area contributed by atoms with Gasteiger partial charge in [0, 0.05) is 66.8 Å². The van der Waals surface area contributed by atoms with Gasteiger partial charge in [-0.05, 0) is 146 Å². The highest BCUT2D eigenvalue weighted by atomic mass is 35.5. The highest BCUT2D eigenvalue weighted by Crippen LogP contribution is 2.45. The Morgan fingerprint density at radius 3 is 1.78 bits per heavy atom. The van der Waals surface area contributed by atoms with Crippen molar-refractivity contribution >= 4 is 82.5 Å². The molecule has 0 aromatic carbocycles. The summed E-state index contributed by atoms with van der Waals surface area (Å²) in [6.45, 7) is 10.5. The van der Waals surface area contributed by atoms with Gasteiger partial charge < -0.3 is 60.5 Å². The molecule has 0 aromatic heterocycles. The number of hydrogen-bond acceptors (Lipinski definition) is 12. The lowest BCUT2D eigenvalue weighted by molar-refractivity contribution is -0.184. The Morgan fingerprint density at radius 2 is 1.20 bits per heavy atom. The van der Waals surface area contributed by atoms with Crippen LogP contribution in [0.5, 0.6) is 0 Å². The van der Waals surface area contributed by atoms with Gasteiger partial charge in [0.2, 0.25) is 70.9 Å². The fourth-order valence-corrected chi connectivity index (χ4v) is 17.3. The number of rotatable bonds is 14. The summed E-state index contributed by atoms with van der Waals surface area (Å²) in [6.07, 6.45) is -4.58. The first-order valence-corrected chi connectivity index (χ1v) is 38.6. The van der Waals surface area contributed by atoms with Gasteiger partial charge in [-0.1, -0.05) is 79.6 Å². The van der Waals surface area contributed by atoms with Crippen LogP contribution in [-0.4, -0.2) is 256 Å². The van der Waals surface area contributed by atoms with Crippen LogP contribution in [0.2, 0.25) is 0 Å². The van der Waals surface area contributed by atoms with E-state index in [4.69, 9.17) is 11.6 Å². The Balaban J connectivity index is 1.28. The van der Waals surface area contributed by atoms with Gasteiger partial charge >= 0.3 is 12.4 Å². The van der Waals surface area contributed by atoms with E-state index in [1.165, 1.54) is 66.7 Å². The maximum absolute atomic E-state index is 15.5. The predicted octanol–water partition coefficient (Wildman–Crippen LogP) is 7.07. The molecule has 3 unspecified atom stereocenters. The normalized spacial score (nSPS) is 31.7. The van der Waals surface area contributed by atoms with E-state index in [1.54, 1.807) is 25.7 Å². The van der Waals surface area contributed by atoms with Gasteiger partial charge in [-0.2, -0.15) is 26.3 Å². The van der Waals surface area contributed by atoms with Crippen LogP contribution in [0.15, 0.2) is 0 Å². The van der Waals surface area contributed by atoms with E-state index in [9.17, 15) is 55.1 Å². The SMILES string of the molecule is CCCCC[C@H]1C(=O)N[C@@H]([C@@H](C)CC)C(=O)N[C@@H](C)C(=O)N2CC[C@H]2C(=O)N(C)[C@@H](CC2CCC(C(F)(F)F)CC2)C(=O)N(C)CC(=O)N[C@@H](CCC2CCC(C(F)(F)F)C(Cl)C2)C(=O)N2CCC[C@H]2C(=O)NC2(CCCC2)C(=O)N(C)[C@@H]([C@@H](C)CC)C(=O)N(C)[C@H](C(=O)N2CCCC2)CC(=O)N1C. The van der Waals surface area contributed by atoms with E-state index in [-0.39, 0.29) is 109 Å². The number of carbonyl (C=O) groups is 12. The van der Waals surface area contributed by atoms with Gasteiger partial charge in [0.25, 0.3) is 0 Å². The summed E-state index contributed by atoms with van der Waals surface area (Å²) in [5, 5.41) is 10.1. The van der Waals surface area contributed by atoms with E-state index in [0.717, 1.165) is 16.2 Å². The number of likely N-dealkylation sites (N-methyl/N-ethyl adjacent to an activating group) is 5. The van der Waals surface area contributed by atoms with Gasteiger partial charge in [-0.25, -0.2) is 0 Å². The summed E-state index contributed by atoms with van der Waals surface area (Å²) in [6, 6.07) is -11.7. The molecule has 7 fully saturated rings. The Kier molecular flexibility index (Phi) is 30.1. The average molecular weight is 1500 g/mol. The smallest absolute Gasteiger partial charge is 0.343 e. The van der Waals surface area contributed by atoms with Crippen molar-refractivity contribution in [3.05, 3.63) is 0 Å². The minimum absolute atomic E-state index is 0.00537. The Hall–Kier alpha value is -6.49. The molecule has 1 spiro atoms. The molecule has 7 rings (SSSR count). The largest absolute Gasteiger partial charge is 0.393 e. The van der Waals surface area contributed by atoms with Crippen molar-refractivity contribution in [2.45, 2.75) is 286 Å². The van der Waals surface area contributed by atoms with Crippen molar-refractivity contribution < 1.29 is 83.9 Å². The van der Waals surface area contributed by atoms with Crippen molar-refractivity contribution in [1.29, 1.82) is 0 Å². The lowest BCUT2D eigenvalue weighted by Crippen LogP contribution is -2.65. The molecular weight excluding hydrogens is 1390 g/mol. The second-order valence-corrected chi connectivity index (χ2v) is 31.6. The maximum Gasteiger partial charge on any atom is 0.393 e. The second-order valence-electron chi connectivity index (χ2n) is 31.1. The van der Waals surface area contributed by atoms with Crippen LogP contribution in [0.3, 0.4) is 0 Å². The molecule has 4 heterocycles. The molecular formula is C73H115ClF6N12O12. The van der Waals surface area contributed by atoms with E-state index in [0.29, 0.717) is 70.9 Å². The number of nitrogens with zero attached hydrogens (tertiary/aromatic N) is 8. The van der Waals surface area contributed by atoms with Crippen molar-refractivity contribution in [3.8, 4) is 0 Å². The first kappa shape index (κ1) is 84.8. The number of amides is 12. The van der Waals surface area contributed by atoms with Crippen LogP contribution in [-0.2, 0) is 57.5 Å². The molecule has 104 heavy (non-hydrogen) atoms. The van der Waals surface area contributed by atoms with Crippen LogP contribution < -0.4 is 21.3 Å². The van der Waals surface area contributed by atoms with Gasteiger partial charge in [0.05, 0.1) is 24.8 Å². The molecule has 7 aliphatic rings. The molecule has 31 heteroatoms. The number of hydrogen-bond donors (Lipinski definition) is 4. The minimum atomic E-state index is -4.55. The predicted molar refractivity (Wildman–Crippen MR) is 375 cm³/mol. The number of unbranched alkanes of at least 4 members (excludes halogenated alkanes) is 2. The number of halogens is 7. The first-order valence-electron chi connectivity index (χ1n) is 38.1. The number of alkyl halides is 7. The summed E-state index contributed by atoms with van der Waals surface area (Å²) in [4.78, 5) is 190.